The number of aryl methyl sites for hydroxylation is 2. The molecular weight excluding hydrogens is 416 g/mol. The maximum Gasteiger partial charge on any atom is 0.252 e. The average Bonchev–Trinajstić information content (AvgIpc) is 3.52. The summed E-state index contributed by atoms with van der Waals surface area (Å²) in [5, 5.41) is 2.68. The molecule has 3 heterocycles. The van der Waals surface area contributed by atoms with Gasteiger partial charge in [0.15, 0.2) is 5.13 Å². The van der Waals surface area contributed by atoms with Crippen molar-refractivity contribution in [3.05, 3.63) is 64.9 Å². The maximum absolute atomic E-state index is 13.1. The van der Waals surface area contributed by atoms with E-state index in [0.29, 0.717) is 11.7 Å². The highest BCUT2D eigenvalue weighted by atomic mass is 32.1. The Labute approximate surface area is 183 Å². The molecule has 0 atom stereocenters. The lowest BCUT2D eigenvalue weighted by Crippen LogP contribution is -2.30. The first-order valence-electron chi connectivity index (χ1n) is 9.58. The lowest BCUT2D eigenvalue weighted by atomic mass is 10.2. The first-order chi connectivity index (χ1) is 14.7. The van der Waals surface area contributed by atoms with E-state index in [1.807, 2.05) is 53.4 Å². The fourth-order valence-electron chi connectivity index (χ4n) is 3.14. The van der Waals surface area contributed by atoms with Gasteiger partial charge >= 0.3 is 0 Å². The van der Waals surface area contributed by atoms with E-state index in [-0.39, 0.29) is 5.91 Å². The Balaban J connectivity index is 1.62. The highest BCUT2D eigenvalue weighted by Gasteiger charge is 2.20. The summed E-state index contributed by atoms with van der Waals surface area (Å²) in [7, 11) is 1.64. The zero-order valence-corrected chi connectivity index (χ0v) is 18.4. The number of nitrogens with zero attached hydrogens (tertiary/aromatic N) is 4. The number of imidazole rings is 1. The molecule has 0 saturated heterocycles. The van der Waals surface area contributed by atoms with Crippen molar-refractivity contribution >= 4 is 50.0 Å². The molecule has 0 fully saturated rings. The SMILES string of the molecule is COc1ccc(C)c2sc(N(CCCn3ccnc3)C(=O)C=Cc3cccs3)nc12. The minimum absolute atomic E-state index is 0.0790. The van der Waals surface area contributed by atoms with Gasteiger partial charge in [0.2, 0.25) is 0 Å². The molecule has 30 heavy (non-hydrogen) atoms. The van der Waals surface area contributed by atoms with Gasteiger partial charge in [-0.3, -0.25) is 9.69 Å². The van der Waals surface area contributed by atoms with Crippen molar-refractivity contribution in [1.29, 1.82) is 0 Å². The number of fused-ring (bicyclic) bond motifs is 1. The Kier molecular flexibility index (Phi) is 6.25. The number of rotatable bonds is 8. The van der Waals surface area contributed by atoms with Crippen LogP contribution in [0.15, 0.2) is 54.4 Å². The van der Waals surface area contributed by atoms with E-state index >= 15 is 0 Å². The summed E-state index contributed by atoms with van der Waals surface area (Å²) in [6, 6.07) is 7.90. The smallest absolute Gasteiger partial charge is 0.252 e. The van der Waals surface area contributed by atoms with Gasteiger partial charge in [-0.1, -0.05) is 23.5 Å². The molecular formula is C22H22N4O2S2. The third kappa shape index (κ3) is 4.44. The van der Waals surface area contributed by atoms with Crippen molar-refractivity contribution in [2.75, 3.05) is 18.6 Å². The monoisotopic (exact) mass is 438 g/mol. The van der Waals surface area contributed by atoms with Crippen molar-refractivity contribution in [2.45, 2.75) is 19.9 Å². The van der Waals surface area contributed by atoms with E-state index in [1.54, 1.807) is 41.9 Å². The zero-order valence-electron chi connectivity index (χ0n) is 16.8. The molecule has 1 amide bonds. The van der Waals surface area contributed by atoms with Crippen LogP contribution in [0.3, 0.4) is 0 Å². The predicted octanol–water partition coefficient (Wildman–Crippen LogP) is 5.01. The van der Waals surface area contributed by atoms with Crippen LogP contribution in [0.2, 0.25) is 0 Å². The summed E-state index contributed by atoms with van der Waals surface area (Å²) in [5.74, 6) is 0.641. The second-order valence-corrected chi connectivity index (χ2v) is 8.71. The van der Waals surface area contributed by atoms with Crippen molar-refractivity contribution < 1.29 is 9.53 Å². The summed E-state index contributed by atoms with van der Waals surface area (Å²) in [5.41, 5.74) is 1.92. The minimum Gasteiger partial charge on any atom is -0.494 e. The molecule has 4 rings (SSSR count). The van der Waals surface area contributed by atoms with Crippen molar-refractivity contribution in [3.8, 4) is 5.75 Å². The largest absolute Gasteiger partial charge is 0.494 e. The normalized spacial score (nSPS) is 11.4. The molecule has 0 bridgehead atoms. The number of carbonyl (C=O) groups excluding carboxylic acids is 1. The minimum atomic E-state index is -0.0790. The zero-order chi connectivity index (χ0) is 20.9. The van der Waals surface area contributed by atoms with E-state index in [4.69, 9.17) is 9.72 Å². The fourth-order valence-corrected chi connectivity index (χ4v) is 4.84. The molecule has 4 aromatic rings. The molecule has 1 aromatic carbocycles. The summed E-state index contributed by atoms with van der Waals surface area (Å²) in [6.07, 6.45) is 9.74. The van der Waals surface area contributed by atoms with Crippen molar-refractivity contribution in [3.63, 3.8) is 0 Å². The Morgan fingerprint density at radius 2 is 2.23 bits per heavy atom. The summed E-state index contributed by atoms with van der Waals surface area (Å²) >= 11 is 3.13. The Morgan fingerprint density at radius 1 is 1.33 bits per heavy atom. The number of methoxy groups -OCH3 is 1. The molecule has 3 aromatic heterocycles. The highest BCUT2D eigenvalue weighted by molar-refractivity contribution is 7.22. The fraction of sp³-hybridized carbons (Fsp3) is 0.227. The van der Waals surface area contributed by atoms with Gasteiger partial charge in [0.1, 0.15) is 11.3 Å². The topological polar surface area (TPSA) is 60.2 Å². The molecule has 0 aliphatic rings. The first kappa shape index (κ1) is 20.3. The van der Waals surface area contributed by atoms with Crippen LogP contribution in [0.5, 0.6) is 5.75 Å². The second-order valence-electron chi connectivity index (χ2n) is 6.75. The first-order valence-corrected chi connectivity index (χ1v) is 11.3. The summed E-state index contributed by atoms with van der Waals surface area (Å²) in [6.45, 7) is 3.39. The van der Waals surface area contributed by atoms with Crippen LogP contribution in [0.25, 0.3) is 16.3 Å². The van der Waals surface area contributed by atoms with Crippen LogP contribution >= 0.6 is 22.7 Å². The lowest BCUT2D eigenvalue weighted by Gasteiger charge is -2.18. The van der Waals surface area contributed by atoms with Crippen LogP contribution in [-0.4, -0.2) is 34.1 Å². The summed E-state index contributed by atoms with van der Waals surface area (Å²) in [4.78, 5) is 24.8. The van der Waals surface area contributed by atoms with Gasteiger partial charge in [-0.15, -0.1) is 11.3 Å². The number of amides is 1. The predicted molar refractivity (Wildman–Crippen MR) is 123 cm³/mol. The van der Waals surface area contributed by atoms with Gasteiger partial charge in [0, 0.05) is 36.4 Å². The number of benzene rings is 1. The van der Waals surface area contributed by atoms with E-state index < -0.39 is 0 Å². The van der Waals surface area contributed by atoms with Gasteiger partial charge < -0.3 is 9.30 Å². The molecule has 0 aliphatic carbocycles. The second kappa shape index (κ2) is 9.23. The molecule has 0 spiro atoms. The van der Waals surface area contributed by atoms with Crippen molar-refractivity contribution in [2.24, 2.45) is 0 Å². The number of aromatic nitrogens is 3. The van der Waals surface area contributed by atoms with E-state index in [0.717, 1.165) is 39.4 Å². The Bertz CT molecular complexity index is 1150. The molecule has 154 valence electrons. The van der Waals surface area contributed by atoms with Crippen LogP contribution in [-0.2, 0) is 11.3 Å². The van der Waals surface area contributed by atoms with E-state index in [9.17, 15) is 4.79 Å². The summed E-state index contributed by atoms with van der Waals surface area (Å²) < 4.78 is 8.53. The van der Waals surface area contributed by atoms with Gasteiger partial charge in [0.05, 0.1) is 18.1 Å². The maximum atomic E-state index is 13.1. The number of hydrogen-bond acceptors (Lipinski definition) is 6. The van der Waals surface area contributed by atoms with Gasteiger partial charge in [-0.25, -0.2) is 9.97 Å². The highest BCUT2D eigenvalue weighted by Crippen LogP contribution is 2.36. The number of ether oxygens (including phenoxy) is 1. The third-order valence-corrected chi connectivity index (χ3v) is 6.75. The van der Waals surface area contributed by atoms with Gasteiger partial charge in [0.25, 0.3) is 5.91 Å². The molecule has 0 aliphatic heterocycles. The molecule has 6 nitrogen and oxygen atoms in total. The average molecular weight is 439 g/mol. The number of thiazole rings is 1. The molecule has 0 saturated carbocycles. The quantitative estimate of drug-likeness (QED) is 0.363. The van der Waals surface area contributed by atoms with Crippen LogP contribution < -0.4 is 9.64 Å². The number of thiophene rings is 1. The van der Waals surface area contributed by atoms with Crippen LogP contribution in [0, 0.1) is 6.92 Å². The number of anilines is 1. The van der Waals surface area contributed by atoms with Gasteiger partial charge in [-0.05, 0) is 42.5 Å². The van der Waals surface area contributed by atoms with E-state index in [1.165, 1.54) is 11.3 Å². The van der Waals surface area contributed by atoms with Crippen molar-refractivity contribution in [1.82, 2.24) is 14.5 Å². The third-order valence-electron chi connectivity index (χ3n) is 4.70. The Morgan fingerprint density at radius 3 is 2.97 bits per heavy atom. The molecule has 8 heteroatoms. The number of hydrogen-bond donors (Lipinski definition) is 0. The molecule has 0 N–H and O–H groups in total. The van der Waals surface area contributed by atoms with Crippen LogP contribution in [0.1, 0.15) is 16.9 Å². The molecule has 0 radical (unpaired) electrons. The van der Waals surface area contributed by atoms with Crippen LogP contribution in [0.4, 0.5) is 5.13 Å². The Hall–Kier alpha value is -2.97. The van der Waals surface area contributed by atoms with E-state index in [2.05, 4.69) is 4.98 Å². The standard InChI is InChI=1S/C22H22N4O2S2/c1-16-6-8-18(28-2)20-21(16)30-22(24-20)26(12-4-11-25-13-10-23-15-25)19(27)9-7-17-5-3-14-29-17/h3,5-10,13-15H,4,11-12H2,1-2H3. The number of carbonyl (C=O) groups is 1. The molecule has 0 unspecified atom stereocenters. The lowest BCUT2D eigenvalue weighted by molar-refractivity contribution is -0.114. The van der Waals surface area contributed by atoms with Gasteiger partial charge in [-0.2, -0.15) is 0 Å².